The number of benzene rings is 1. The quantitative estimate of drug-likeness (QED) is 0.334. The lowest BCUT2D eigenvalue weighted by atomic mass is 10.2. The minimum Gasteiger partial charge on any atom is -0.276 e. The van der Waals surface area contributed by atoms with E-state index in [1.807, 2.05) is 12.1 Å². The maximum Gasteiger partial charge on any atom is 0.250 e. The van der Waals surface area contributed by atoms with E-state index in [9.17, 15) is 4.79 Å². The Hall–Kier alpha value is -1.36. The monoisotopic (exact) mass is 223 g/mol. The zero-order chi connectivity index (χ0) is 9.97. The van der Waals surface area contributed by atoms with Crippen molar-refractivity contribution in [2.24, 2.45) is 5.11 Å². The zero-order valence-corrected chi connectivity index (χ0v) is 8.64. The molecule has 0 bridgehead atoms. The van der Waals surface area contributed by atoms with E-state index < -0.39 is 0 Å². The van der Waals surface area contributed by atoms with Crippen molar-refractivity contribution in [1.82, 2.24) is 0 Å². The van der Waals surface area contributed by atoms with E-state index in [1.54, 1.807) is 6.07 Å². The molecule has 0 N–H and O–H groups in total. The van der Waals surface area contributed by atoms with Crippen molar-refractivity contribution in [3.8, 4) is 0 Å². The first-order valence-electron chi connectivity index (χ1n) is 3.84. The minimum absolute atomic E-state index is 0.0767. The van der Waals surface area contributed by atoms with Crippen molar-refractivity contribution in [3.63, 3.8) is 0 Å². The molecule has 0 saturated heterocycles. The number of fused-ring (bicyclic) bond motifs is 1. The molecule has 6 heteroatoms. The van der Waals surface area contributed by atoms with Crippen LogP contribution in [-0.2, 0) is 6.54 Å². The molecule has 0 saturated carbocycles. The van der Waals surface area contributed by atoms with Crippen LogP contribution in [0.15, 0.2) is 28.1 Å². The summed E-state index contributed by atoms with van der Waals surface area (Å²) in [5.41, 5.74) is 9.13. The Morgan fingerprint density at radius 3 is 3.07 bits per heavy atom. The third kappa shape index (κ3) is 1.50. The summed E-state index contributed by atoms with van der Waals surface area (Å²) in [6.45, 7) is 0.306. The predicted octanol–water partition coefficient (Wildman–Crippen LogP) is 3.13. The molecule has 70 valence electrons. The second-order valence-corrected chi connectivity index (χ2v) is 4.75. The number of azide groups is 1. The molecular weight excluding hydrogens is 218 g/mol. The summed E-state index contributed by atoms with van der Waals surface area (Å²) in [6.07, 6.45) is 0. The standard InChI is InChI=1S/C8H5N3OS2/c9-11-10-4-5-2-1-3-6-7(5)13-14-8(6)12/h1-3H,4H2. The van der Waals surface area contributed by atoms with Crippen LogP contribution in [0.2, 0.25) is 0 Å². The number of nitrogens with zero attached hydrogens (tertiary/aromatic N) is 3. The van der Waals surface area contributed by atoms with Gasteiger partial charge >= 0.3 is 0 Å². The topological polar surface area (TPSA) is 65.8 Å². The average molecular weight is 223 g/mol. The Kier molecular flexibility index (Phi) is 2.49. The highest BCUT2D eigenvalue weighted by Gasteiger charge is 2.05. The first kappa shape index (κ1) is 9.21. The van der Waals surface area contributed by atoms with Gasteiger partial charge in [0.25, 0.3) is 4.74 Å². The van der Waals surface area contributed by atoms with Crippen molar-refractivity contribution >= 4 is 30.8 Å². The van der Waals surface area contributed by atoms with E-state index in [0.29, 0.717) is 6.54 Å². The molecule has 14 heavy (non-hydrogen) atoms. The molecule has 0 aliphatic heterocycles. The Morgan fingerprint density at radius 2 is 2.29 bits per heavy atom. The maximum absolute atomic E-state index is 11.3. The van der Waals surface area contributed by atoms with Crippen LogP contribution in [0.3, 0.4) is 0 Å². The fourth-order valence-electron chi connectivity index (χ4n) is 1.20. The van der Waals surface area contributed by atoms with Crippen LogP contribution in [-0.4, -0.2) is 0 Å². The molecule has 0 atom stereocenters. The summed E-state index contributed by atoms with van der Waals surface area (Å²) in [7, 11) is 2.65. The van der Waals surface area contributed by atoms with Gasteiger partial charge in [-0.3, -0.25) is 4.79 Å². The fraction of sp³-hybridized carbons (Fsp3) is 0.125. The molecule has 0 unspecified atom stereocenters. The fourth-order valence-corrected chi connectivity index (χ4v) is 3.51. The van der Waals surface area contributed by atoms with Crippen LogP contribution in [0, 0.1) is 0 Å². The lowest BCUT2D eigenvalue weighted by Gasteiger charge is -1.95. The third-order valence-corrected chi connectivity index (χ3v) is 4.13. The second kappa shape index (κ2) is 3.79. The first-order valence-corrected chi connectivity index (χ1v) is 5.99. The van der Waals surface area contributed by atoms with E-state index in [1.165, 1.54) is 20.7 Å². The molecule has 1 aromatic heterocycles. The van der Waals surface area contributed by atoms with Gasteiger partial charge in [0.1, 0.15) is 0 Å². The van der Waals surface area contributed by atoms with Crippen LogP contribution < -0.4 is 4.74 Å². The van der Waals surface area contributed by atoms with Gasteiger partial charge in [-0.1, -0.05) is 27.6 Å². The van der Waals surface area contributed by atoms with Gasteiger partial charge in [0.15, 0.2) is 0 Å². The molecule has 0 amide bonds. The average Bonchev–Trinajstić information content (AvgIpc) is 2.58. The lowest BCUT2D eigenvalue weighted by Crippen LogP contribution is -1.89. The summed E-state index contributed by atoms with van der Waals surface area (Å²) < 4.78 is 1.02. The molecule has 1 aromatic carbocycles. The van der Waals surface area contributed by atoms with Crippen LogP contribution in [0.1, 0.15) is 5.56 Å². The van der Waals surface area contributed by atoms with Crippen LogP contribution in [0.25, 0.3) is 20.5 Å². The number of hydrogen-bond acceptors (Lipinski definition) is 4. The molecule has 0 aliphatic rings. The highest BCUT2D eigenvalue weighted by atomic mass is 32.9. The Labute approximate surface area is 86.4 Å². The van der Waals surface area contributed by atoms with Crippen LogP contribution >= 0.6 is 20.7 Å². The van der Waals surface area contributed by atoms with Crippen molar-refractivity contribution in [2.75, 3.05) is 0 Å². The summed E-state index contributed by atoms with van der Waals surface area (Å²) in [4.78, 5) is 14.0. The van der Waals surface area contributed by atoms with E-state index in [0.717, 1.165) is 15.6 Å². The zero-order valence-electron chi connectivity index (χ0n) is 7.01. The largest absolute Gasteiger partial charge is 0.276 e. The Bertz CT molecular complexity index is 565. The molecule has 0 radical (unpaired) electrons. The molecular formula is C8H5N3OS2. The molecule has 2 rings (SSSR count). The highest BCUT2D eigenvalue weighted by molar-refractivity contribution is 7.71. The van der Waals surface area contributed by atoms with Gasteiger partial charge < -0.3 is 0 Å². The highest BCUT2D eigenvalue weighted by Crippen LogP contribution is 2.24. The molecule has 2 aromatic rings. The normalized spacial score (nSPS) is 10.0. The van der Waals surface area contributed by atoms with E-state index in [4.69, 9.17) is 5.53 Å². The lowest BCUT2D eigenvalue weighted by molar-refractivity contribution is 1.06. The number of rotatable bonds is 2. The number of hydrogen-bond donors (Lipinski definition) is 0. The minimum atomic E-state index is 0.0767. The van der Waals surface area contributed by atoms with Crippen LogP contribution in [0.5, 0.6) is 0 Å². The summed E-state index contributed by atoms with van der Waals surface area (Å²) >= 11 is 0. The predicted molar refractivity (Wildman–Crippen MR) is 58.8 cm³/mol. The summed E-state index contributed by atoms with van der Waals surface area (Å²) in [5.74, 6) is 0. The van der Waals surface area contributed by atoms with Gasteiger partial charge in [0.2, 0.25) is 0 Å². The molecule has 0 spiro atoms. The van der Waals surface area contributed by atoms with Crippen LogP contribution in [0.4, 0.5) is 0 Å². The van der Waals surface area contributed by atoms with Gasteiger partial charge in [0.05, 0.1) is 16.6 Å². The summed E-state index contributed by atoms with van der Waals surface area (Å²) in [5, 5.41) is 4.22. The Balaban J connectivity index is 2.65. The molecule has 0 aliphatic carbocycles. The van der Waals surface area contributed by atoms with Gasteiger partial charge in [-0.05, 0) is 27.5 Å². The Morgan fingerprint density at radius 1 is 1.43 bits per heavy atom. The van der Waals surface area contributed by atoms with Gasteiger partial charge in [-0.25, -0.2) is 0 Å². The van der Waals surface area contributed by atoms with Crippen molar-refractivity contribution < 1.29 is 0 Å². The molecule has 4 nitrogen and oxygen atoms in total. The molecule has 1 heterocycles. The van der Waals surface area contributed by atoms with E-state index in [2.05, 4.69) is 10.0 Å². The smallest absolute Gasteiger partial charge is 0.250 e. The van der Waals surface area contributed by atoms with Gasteiger partial charge in [-0.15, -0.1) is 0 Å². The van der Waals surface area contributed by atoms with E-state index in [-0.39, 0.29) is 4.74 Å². The molecule has 0 fully saturated rings. The third-order valence-electron chi connectivity index (χ3n) is 1.82. The van der Waals surface area contributed by atoms with Crippen molar-refractivity contribution in [1.29, 1.82) is 0 Å². The summed E-state index contributed by atoms with van der Waals surface area (Å²) in [6, 6.07) is 5.48. The first-order chi connectivity index (χ1) is 6.83. The van der Waals surface area contributed by atoms with Gasteiger partial charge in [0, 0.05) is 4.91 Å². The van der Waals surface area contributed by atoms with Crippen molar-refractivity contribution in [2.45, 2.75) is 6.54 Å². The maximum atomic E-state index is 11.3. The second-order valence-electron chi connectivity index (χ2n) is 2.64. The SMILES string of the molecule is [N-]=[N+]=NCc1cccc2c(=O)ssc12. The van der Waals surface area contributed by atoms with Gasteiger partial charge in [-0.2, -0.15) is 0 Å². The van der Waals surface area contributed by atoms with Crippen molar-refractivity contribution in [3.05, 3.63) is 43.7 Å². The van der Waals surface area contributed by atoms with E-state index >= 15 is 0 Å².